The van der Waals surface area contributed by atoms with Crippen molar-refractivity contribution in [3.8, 4) is 0 Å². The number of carbonyl (C=O) groups is 1. The molecule has 2 aliphatic heterocycles. The van der Waals surface area contributed by atoms with E-state index in [1.807, 2.05) is 0 Å². The molecular weight excluding hydrogens is 1060 g/mol. The Hall–Kier alpha value is -3.09. The maximum atomic E-state index is 13.3. The van der Waals surface area contributed by atoms with Gasteiger partial charge in [-0.05, 0) is 77.0 Å². The van der Waals surface area contributed by atoms with Gasteiger partial charge in [-0.2, -0.15) is 0 Å². The summed E-state index contributed by atoms with van der Waals surface area (Å²) in [4.78, 5) is 13.3. The first-order chi connectivity index (χ1) is 41.1. The van der Waals surface area contributed by atoms with E-state index in [0.29, 0.717) is 19.3 Å². The fourth-order valence-corrected chi connectivity index (χ4v) is 10.5. The number of rotatable bonds is 53. The van der Waals surface area contributed by atoms with Crippen molar-refractivity contribution in [3.63, 3.8) is 0 Å². The van der Waals surface area contributed by atoms with Crippen LogP contribution in [0.25, 0.3) is 0 Å². The fourth-order valence-electron chi connectivity index (χ4n) is 10.5. The predicted molar refractivity (Wildman–Crippen MR) is 341 cm³/mol. The molecule has 1 amide bonds. The third-order valence-corrected chi connectivity index (χ3v) is 15.8. The van der Waals surface area contributed by atoms with Crippen molar-refractivity contribution in [1.29, 1.82) is 0 Å². The summed E-state index contributed by atoms with van der Waals surface area (Å²) >= 11 is 0. The molecule has 2 rings (SSSR count). The van der Waals surface area contributed by atoms with E-state index >= 15 is 0 Å². The van der Waals surface area contributed by atoms with Gasteiger partial charge < -0.3 is 65.1 Å². The molecule has 484 valence electrons. The van der Waals surface area contributed by atoms with E-state index in [9.17, 15) is 45.6 Å². The number of aliphatic hydroxyl groups excluding tert-OH is 8. The maximum Gasteiger partial charge on any atom is 0.220 e. The van der Waals surface area contributed by atoms with E-state index in [4.69, 9.17) is 18.9 Å². The lowest BCUT2D eigenvalue weighted by molar-refractivity contribution is -0.359. The lowest BCUT2D eigenvalue weighted by atomic mass is 9.97. The van der Waals surface area contributed by atoms with E-state index in [0.717, 1.165) is 103 Å². The number of unbranched alkanes of at least 4 members (excludes halogenated alkanes) is 24. The first-order valence-corrected chi connectivity index (χ1v) is 33.5. The van der Waals surface area contributed by atoms with Crippen molar-refractivity contribution < 1.29 is 64.6 Å². The van der Waals surface area contributed by atoms with Crippen LogP contribution in [0.5, 0.6) is 0 Å². The van der Waals surface area contributed by atoms with Gasteiger partial charge in [0.2, 0.25) is 5.91 Å². The van der Waals surface area contributed by atoms with Crippen LogP contribution in [-0.2, 0) is 23.7 Å². The fraction of sp³-hybridized carbons (Fsp3) is 0.757. The molecular formula is C70H121NO13. The zero-order valence-corrected chi connectivity index (χ0v) is 52.4. The second-order valence-electron chi connectivity index (χ2n) is 23.2. The average molecular weight is 1180 g/mol. The van der Waals surface area contributed by atoms with E-state index in [1.165, 1.54) is 109 Å². The summed E-state index contributed by atoms with van der Waals surface area (Å²) in [5.41, 5.74) is 0. The average Bonchev–Trinajstić information content (AvgIpc) is 3.23. The molecule has 2 saturated heterocycles. The smallest absolute Gasteiger partial charge is 0.220 e. The molecule has 0 aromatic carbocycles. The van der Waals surface area contributed by atoms with Gasteiger partial charge in [0, 0.05) is 6.42 Å². The number of allylic oxidation sites excluding steroid dienone is 16. The van der Waals surface area contributed by atoms with Gasteiger partial charge in [-0.15, -0.1) is 0 Å². The summed E-state index contributed by atoms with van der Waals surface area (Å²) < 4.78 is 22.9. The molecule has 9 N–H and O–H groups in total. The molecule has 2 aliphatic rings. The number of hydrogen-bond donors (Lipinski definition) is 9. The first kappa shape index (κ1) is 77.0. The Bertz CT molecular complexity index is 1780. The second kappa shape index (κ2) is 54.1. The molecule has 0 saturated carbocycles. The van der Waals surface area contributed by atoms with Gasteiger partial charge >= 0.3 is 0 Å². The highest BCUT2D eigenvalue weighted by Gasteiger charge is 2.51. The summed E-state index contributed by atoms with van der Waals surface area (Å²) in [6, 6.07) is -0.837. The summed E-state index contributed by atoms with van der Waals surface area (Å²) in [6.45, 7) is 2.75. The largest absolute Gasteiger partial charge is 0.394 e. The Balaban J connectivity index is 1.65. The number of nitrogens with one attached hydrogen (secondary N) is 1. The molecule has 84 heavy (non-hydrogen) atoms. The van der Waals surface area contributed by atoms with Crippen molar-refractivity contribution >= 4 is 5.91 Å². The van der Waals surface area contributed by atoms with Crippen molar-refractivity contribution in [2.24, 2.45) is 0 Å². The first-order valence-electron chi connectivity index (χ1n) is 33.5. The van der Waals surface area contributed by atoms with Gasteiger partial charge in [0.05, 0.1) is 32.0 Å². The SMILES string of the molecule is CC/C=C\C/C=C\C/C=C\C/C=C\C/C=C\C/C=C\C/C=C\C/C=C\CCCCCCCCCCCCC(=O)NC(COC1OC(CO)C(OC2OC(CO)C(O)C(O)C2O)C(O)C1O)C(O)CCCCCCCCCCCCCCCCC. The van der Waals surface area contributed by atoms with Gasteiger partial charge in [-0.25, -0.2) is 0 Å². The van der Waals surface area contributed by atoms with E-state index in [1.54, 1.807) is 0 Å². The van der Waals surface area contributed by atoms with Crippen LogP contribution in [0.3, 0.4) is 0 Å². The van der Waals surface area contributed by atoms with Gasteiger partial charge in [0.1, 0.15) is 48.8 Å². The Morgan fingerprint density at radius 2 is 0.821 bits per heavy atom. The summed E-state index contributed by atoms with van der Waals surface area (Å²) in [5.74, 6) is -0.214. The number of aliphatic hydroxyl groups is 8. The van der Waals surface area contributed by atoms with Crippen molar-refractivity contribution in [3.05, 3.63) is 97.2 Å². The van der Waals surface area contributed by atoms with Gasteiger partial charge in [-0.1, -0.05) is 259 Å². The normalized spacial score (nSPS) is 24.3. The van der Waals surface area contributed by atoms with Crippen LogP contribution in [0.15, 0.2) is 97.2 Å². The van der Waals surface area contributed by atoms with Gasteiger partial charge in [-0.3, -0.25) is 4.79 Å². The Labute approximate surface area is 509 Å². The zero-order chi connectivity index (χ0) is 60.9. The van der Waals surface area contributed by atoms with Crippen molar-refractivity contribution in [2.75, 3.05) is 19.8 Å². The third-order valence-electron chi connectivity index (χ3n) is 15.8. The topological polar surface area (TPSA) is 228 Å². The number of hydrogen-bond acceptors (Lipinski definition) is 13. The van der Waals surface area contributed by atoms with Crippen LogP contribution < -0.4 is 5.32 Å². The highest BCUT2D eigenvalue weighted by atomic mass is 16.7. The van der Waals surface area contributed by atoms with E-state index < -0.39 is 86.8 Å². The molecule has 0 aromatic heterocycles. The summed E-state index contributed by atoms with van der Waals surface area (Å²) in [5, 5.41) is 87.4. The molecule has 0 bridgehead atoms. The third kappa shape index (κ3) is 38.2. The summed E-state index contributed by atoms with van der Waals surface area (Å²) in [6.07, 6.45) is 58.4. The molecule has 0 aliphatic carbocycles. The van der Waals surface area contributed by atoms with E-state index in [2.05, 4.69) is 116 Å². The van der Waals surface area contributed by atoms with E-state index in [-0.39, 0.29) is 12.5 Å². The van der Waals surface area contributed by atoms with Crippen LogP contribution in [0.1, 0.15) is 245 Å². The molecule has 14 nitrogen and oxygen atoms in total. The van der Waals surface area contributed by atoms with Crippen LogP contribution in [0, 0.1) is 0 Å². The number of amides is 1. The number of carbonyl (C=O) groups excluding carboxylic acids is 1. The van der Waals surface area contributed by atoms with Crippen LogP contribution in [0.2, 0.25) is 0 Å². The molecule has 0 radical (unpaired) electrons. The zero-order valence-electron chi connectivity index (χ0n) is 52.4. The maximum absolute atomic E-state index is 13.3. The lowest BCUT2D eigenvalue weighted by Crippen LogP contribution is -2.65. The van der Waals surface area contributed by atoms with Gasteiger partial charge in [0.15, 0.2) is 12.6 Å². The molecule has 14 heteroatoms. The predicted octanol–water partition coefficient (Wildman–Crippen LogP) is 13.0. The molecule has 0 spiro atoms. The Morgan fingerprint density at radius 3 is 1.26 bits per heavy atom. The minimum atomic E-state index is -1.79. The molecule has 0 aromatic rings. The Morgan fingerprint density at radius 1 is 0.440 bits per heavy atom. The molecule has 2 heterocycles. The van der Waals surface area contributed by atoms with Crippen LogP contribution in [0.4, 0.5) is 0 Å². The molecule has 12 unspecified atom stereocenters. The monoisotopic (exact) mass is 1180 g/mol. The minimum absolute atomic E-state index is 0.214. The molecule has 2 fully saturated rings. The standard InChI is InChI=1S/C70H121NO13/c1-3-5-7-9-11-13-15-17-19-20-21-22-23-24-25-26-27-28-29-30-31-32-33-34-35-36-37-38-40-42-44-46-48-50-52-54-62(75)71-58(59(74)53-51-49-47-45-43-41-39-18-16-14-12-10-8-6-4-2)57-81-69-67(80)65(78)68(61(56-73)83-69)84-70-66(79)64(77)63(76)60(55-72)82-70/h5,7,11,13,17,19,21-22,24-25,27-28,30-31,33-34,58-61,63-70,72-74,76-80H,3-4,6,8-10,12,14-16,18,20,23,26,29,32,35-57H2,1-2H3,(H,71,75)/b7-5-,13-11-,19-17-,22-21-,25-24-,28-27-,31-30-,34-33-. The van der Waals surface area contributed by atoms with Crippen LogP contribution in [-0.4, -0.2) is 140 Å². The minimum Gasteiger partial charge on any atom is -0.394 e. The van der Waals surface area contributed by atoms with Gasteiger partial charge in [0.25, 0.3) is 0 Å². The molecule has 12 atom stereocenters. The number of ether oxygens (including phenoxy) is 4. The quantitative estimate of drug-likeness (QED) is 0.0204. The highest BCUT2D eigenvalue weighted by Crippen LogP contribution is 2.30. The summed E-state index contributed by atoms with van der Waals surface area (Å²) in [7, 11) is 0. The van der Waals surface area contributed by atoms with Crippen molar-refractivity contribution in [2.45, 2.75) is 319 Å². The van der Waals surface area contributed by atoms with Crippen molar-refractivity contribution in [1.82, 2.24) is 5.32 Å². The lowest BCUT2D eigenvalue weighted by Gasteiger charge is -2.46. The highest BCUT2D eigenvalue weighted by molar-refractivity contribution is 5.76. The second-order valence-corrected chi connectivity index (χ2v) is 23.2. The van der Waals surface area contributed by atoms with Crippen LogP contribution >= 0.6 is 0 Å². The Kier molecular flexibility index (Phi) is 49.6.